The van der Waals surface area contributed by atoms with E-state index in [-0.39, 0.29) is 30.5 Å². The molecule has 2 aliphatic carbocycles. The van der Waals surface area contributed by atoms with Crippen LogP contribution in [0.5, 0.6) is 0 Å². The third-order valence-corrected chi connectivity index (χ3v) is 7.25. The van der Waals surface area contributed by atoms with Gasteiger partial charge in [-0.15, -0.1) is 0 Å². The van der Waals surface area contributed by atoms with Crippen LogP contribution in [0.1, 0.15) is 71.2 Å². The van der Waals surface area contributed by atoms with Crippen LogP contribution in [-0.2, 0) is 20.9 Å². The van der Waals surface area contributed by atoms with Crippen molar-refractivity contribution in [1.29, 1.82) is 0 Å². The summed E-state index contributed by atoms with van der Waals surface area (Å²) in [6.45, 7) is 0.576. The van der Waals surface area contributed by atoms with Crippen LogP contribution in [0.2, 0.25) is 0 Å². The number of carbonyl (C=O) groups is 5. The third kappa shape index (κ3) is 3.55. The zero-order valence-electron chi connectivity index (χ0n) is 17.6. The number of hydrogen-bond acceptors (Lipinski definition) is 6. The highest BCUT2D eigenvalue weighted by Gasteiger charge is 2.48. The minimum Gasteiger partial charge on any atom is -0.449 e. The lowest BCUT2D eigenvalue weighted by Crippen LogP contribution is -2.54. The van der Waals surface area contributed by atoms with Gasteiger partial charge in [-0.1, -0.05) is 12.5 Å². The molecule has 1 spiro atoms. The lowest BCUT2D eigenvalue weighted by atomic mass is 9.52. The number of ether oxygens (including phenoxy) is 1. The molecule has 2 saturated carbocycles. The van der Waals surface area contributed by atoms with E-state index in [1.807, 2.05) is 0 Å². The van der Waals surface area contributed by atoms with Gasteiger partial charge in [0, 0.05) is 13.0 Å². The van der Waals surface area contributed by atoms with Gasteiger partial charge in [-0.05, 0) is 61.1 Å². The van der Waals surface area contributed by atoms with Crippen LogP contribution in [-0.4, -0.2) is 47.3 Å². The molecule has 0 radical (unpaired) electrons. The molecule has 168 valence electrons. The van der Waals surface area contributed by atoms with E-state index in [4.69, 9.17) is 4.74 Å². The summed E-state index contributed by atoms with van der Waals surface area (Å²) in [4.78, 5) is 62.0. The van der Waals surface area contributed by atoms with Crippen LogP contribution < -0.4 is 10.6 Å². The Hall–Kier alpha value is -3.23. The molecule has 2 N–H and O–H groups in total. The number of hydrogen-bond donors (Lipinski definition) is 2. The van der Waals surface area contributed by atoms with Crippen molar-refractivity contribution in [2.75, 3.05) is 6.61 Å². The monoisotopic (exact) mass is 439 g/mol. The third-order valence-electron chi connectivity index (χ3n) is 7.25. The normalized spacial score (nSPS) is 24.0. The molecule has 1 atom stereocenters. The molecular weight excluding hydrogens is 414 g/mol. The van der Waals surface area contributed by atoms with Gasteiger partial charge >= 0.3 is 6.09 Å². The van der Waals surface area contributed by atoms with Crippen LogP contribution in [0.15, 0.2) is 18.2 Å². The fourth-order valence-electron chi connectivity index (χ4n) is 5.41. The summed E-state index contributed by atoms with van der Waals surface area (Å²) < 4.78 is 5.33. The van der Waals surface area contributed by atoms with Crippen molar-refractivity contribution >= 4 is 29.7 Å². The van der Waals surface area contributed by atoms with Crippen LogP contribution >= 0.6 is 0 Å². The summed E-state index contributed by atoms with van der Waals surface area (Å²) in [6, 6.07) is 3.73. The molecule has 1 unspecified atom stereocenters. The fourth-order valence-corrected chi connectivity index (χ4v) is 5.41. The first-order valence-electron chi connectivity index (χ1n) is 11.1. The van der Waals surface area contributed by atoms with E-state index < -0.39 is 35.8 Å². The number of alkyl carbamates (subject to hydrolysis) is 1. The lowest BCUT2D eigenvalue weighted by Gasteiger charge is -2.54. The Morgan fingerprint density at radius 1 is 1.12 bits per heavy atom. The minimum absolute atomic E-state index is 0.0724. The minimum atomic E-state index is -0.998. The van der Waals surface area contributed by atoms with Crippen molar-refractivity contribution < 1.29 is 28.7 Å². The van der Waals surface area contributed by atoms with Gasteiger partial charge in [0.25, 0.3) is 11.8 Å². The van der Waals surface area contributed by atoms with E-state index in [9.17, 15) is 24.0 Å². The number of nitrogens with zero attached hydrogens (tertiary/aromatic N) is 1. The first-order valence-corrected chi connectivity index (χ1v) is 11.1. The molecule has 4 aliphatic rings. The number of nitrogens with one attached hydrogen (secondary N) is 2. The average Bonchev–Trinajstić information content (AvgIpc) is 2.94. The maximum absolute atomic E-state index is 12.9. The number of amides is 5. The van der Waals surface area contributed by atoms with Crippen molar-refractivity contribution in [3.63, 3.8) is 0 Å². The van der Waals surface area contributed by atoms with Gasteiger partial charge in [-0.3, -0.25) is 29.4 Å². The highest BCUT2D eigenvalue weighted by molar-refractivity contribution is 6.23. The van der Waals surface area contributed by atoms with Gasteiger partial charge in [0.05, 0.1) is 17.7 Å². The molecule has 3 fully saturated rings. The van der Waals surface area contributed by atoms with E-state index >= 15 is 0 Å². The van der Waals surface area contributed by atoms with E-state index in [1.54, 1.807) is 12.1 Å². The zero-order valence-corrected chi connectivity index (χ0v) is 17.6. The smallest absolute Gasteiger partial charge is 0.407 e. The summed E-state index contributed by atoms with van der Waals surface area (Å²) in [6.07, 6.45) is 5.88. The van der Waals surface area contributed by atoms with Crippen molar-refractivity contribution in [3.05, 3.63) is 34.9 Å². The predicted octanol–water partition coefficient (Wildman–Crippen LogP) is 1.89. The Morgan fingerprint density at radius 2 is 1.88 bits per heavy atom. The Balaban J connectivity index is 1.16. The van der Waals surface area contributed by atoms with Gasteiger partial charge in [-0.25, -0.2) is 4.79 Å². The van der Waals surface area contributed by atoms with Crippen molar-refractivity contribution in [2.24, 2.45) is 11.3 Å². The molecule has 0 aromatic heterocycles. The summed E-state index contributed by atoms with van der Waals surface area (Å²) in [7, 11) is 0. The fraction of sp³-hybridized carbons (Fsp3) is 0.522. The number of rotatable bonds is 5. The van der Waals surface area contributed by atoms with E-state index in [2.05, 4.69) is 10.6 Å². The molecule has 9 heteroatoms. The molecular formula is C23H25N3O6. The summed E-state index contributed by atoms with van der Waals surface area (Å²) in [5.74, 6) is -1.73. The maximum atomic E-state index is 12.9. The highest BCUT2D eigenvalue weighted by atomic mass is 16.5. The van der Waals surface area contributed by atoms with Crippen LogP contribution in [0.25, 0.3) is 0 Å². The molecule has 2 aliphatic heterocycles. The largest absolute Gasteiger partial charge is 0.449 e. The van der Waals surface area contributed by atoms with Crippen LogP contribution in [0.3, 0.4) is 0 Å². The summed E-state index contributed by atoms with van der Waals surface area (Å²) in [5, 5.41) is 4.85. The second-order valence-corrected chi connectivity index (χ2v) is 9.41. The average molecular weight is 439 g/mol. The van der Waals surface area contributed by atoms with E-state index in [0.717, 1.165) is 17.7 Å². The molecule has 2 heterocycles. The Bertz CT molecular complexity index is 1020. The molecule has 5 amide bonds. The SMILES string of the molecule is O=C1CCC(N2C(=O)c3ccc(CNC(=O)OCC4CC5(CCC5)C4)cc3C2=O)C(=O)N1. The van der Waals surface area contributed by atoms with Crippen molar-refractivity contribution in [2.45, 2.75) is 57.5 Å². The highest BCUT2D eigenvalue weighted by Crippen LogP contribution is 2.58. The summed E-state index contributed by atoms with van der Waals surface area (Å²) >= 11 is 0. The Kier molecular flexibility index (Phi) is 4.98. The molecule has 5 rings (SSSR count). The van der Waals surface area contributed by atoms with Gasteiger partial charge in [0.15, 0.2) is 0 Å². The summed E-state index contributed by atoms with van der Waals surface area (Å²) in [5.41, 5.74) is 1.58. The first-order chi connectivity index (χ1) is 15.3. The number of fused-ring (bicyclic) bond motifs is 1. The second kappa shape index (κ2) is 7.72. The first kappa shape index (κ1) is 20.7. The lowest BCUT2D eigenvalue weighted by molar-refractivity contribution is -0.136. The Labute approximate surface area is 184 Å². The van der Waals surface area contributed by atoms with Gasteiger partial charge in [0.1, 0.15) is 6.04 Å². The Morgan fingerprint density at radius 3 is 2.56 bits per heavy atom. The molecule has 1 aromatic carbocycles. The maximum Gasteiger partial charge on any atom is 0.407 e. The topological polar surface area (TPSA) is 122 Å². The van der Waals surface area contributed by atoms with Crippen molar-refractivity contribution in [3.8, 4) is 0 Å². The van der Waals surface area contributed by atoms with Crippen LogP contribution in [0.4, 0.5) is 4.79 Å². The standard InChI is InChI=1S/C23H25N3O6/c27-18-5-4-17(19(28)25-18)26-20(29)15-3-2-13(8-16(15)21(26)30)11-24-22(31)32-12-14-9-23(10-14)6-1-7-23/h2-3,8,14,17H,1,4-7,9-12H2,(H,24,31)(H,25,27,28). The zero-order chi connectivity index (χ0) is 22.5. The van der Waals surface area contributed by atoms with Crippen LogP contribution in [0, 0.1) is 11.3 Å². The molecule has 1 saturated heterocycles. The number of carbonyl (C=O) groups excluding carboxylic acids is 5. The molecule has 9 nitrogen and oxygen atoms in total. The van der Waals surface area contributed by atoms with E-state index in [1.165, 1.54) is 25.3 Å². The second-order valence-electron chi connectivity index (χ2n) is 9.41. The molecule has 0 bridgehead atoms. The van der Waals surface area contributed by atoms with Gasteiger partial charge in [0.2, 0.25) is 11.8 Å². The quantitative estimate of drug-likeness (QED) is 0.676. The predicted molar refractivity (Wildman–Crippen MR) is 110 cm³/mol. The van der Waals surface area contributed by atoms with E-state index in [0.29, 0.717) is 23.5 Å². The number of benzene rings is 1. The van der Waals surface area contributed by atoms with Gasteiger partial charge in [-0.2, -0.15) is 0 Å². The molecule has 32 heavy (non-hydrogen) atoms. The van der Waals surface area contributed by atoms with Crippen molar-refractivity contribution in [1.82, 2.24) is 15.5 Å². The van der Waals surface area contributed by atoms with Gasteiger partial charge < -0.3 is 10.1 Å². The molecule has 1 aromatic rings. The number of imide groups is 2. The number of piperidine rings is 1.